The molecule has 0 saturated heterocycles. The number of fused-ring (bicyclic) bond motifs is 1. The number of hydrogen-bond acceptors (Lipinski definition) is 3. The van der Waals surface area contributed by atoms with Gasteiger partial charge in [-0.05, 0) is 30.9 Å². The third-order valence-electron chi connectivity index (χ3n) is 4.33. The number of halogens is 1. The molecule has 1 fully saturated rings. The summed E-state index contributed by atoms with van der Waals surface area (Å²) in [5.41, 5.74) is 1.08. The van der Waals surface area contributed by atoms with Gasteiger partial charge in [-0.15, -0.1) is 0 Å². The average molecular weight is 341 g/mol. The molecular formula is C15H17BrO4. The minimum Gasteiger partial charge on any atom is -0.486 e. The molecule has 0 aromatic heterocycles. The van der Waals surface area contributed by atoms with Crippen molar-refractivity contribution in [2.75, 3.05) is 13.2 Å². The van der Waals surface area contributed by atoms with Crippen LogP contribution in [0.1, 0.15) is 37.3 Å². The third kappa shape index (κ3) is 1.83. The Balaban J connectivity index is 2.22. The highest BCUT2D eigenvalue weighted by Gasteiger charge is 2.49. The van der Waals surface area contributed by atoms with E-state index in [1.165, 1.54) is 0 Å². The van der Waals surface area contributed by atoms with E-state index in [1.807, 2.05) is 13.0 Å². The first-order valence-electron chi connectivity index (χ1n) is 6.95. The van der Waals surface area contributed by atoms with Crippen LogP contribution >= 0.6 is 15.9 Å². The summed E-state index contributed by atoms with van der Waals surface area (Å²) >= 11 is 3.55. The standard InChI is InChI=1S/C15H17BrO4/c1-2-9-12(15(14(17)18)4-3-5-15)10(16)8-11-13(9)20-7-6-19-11/h8H,2-7H2,1H3,(H,17,18). The van der Waals surface area contributed by atoms with Gasteiger partial charge in [0.05, 0.1) is 5.41 Å². The van der Waals surface area contributed by atoms with Gasteiger partial charge in [-0.25, -0.2) is 0 Å². The zero-order chi connectivity index (χ0) is 14.3. The van der Waals surface area contributed by atoms with Crippen molar-refractivity contribution in [2.24, 2.45) is 0 Å². The highest BCUT2D eigenvalue weighted by Crippen LogP contribution is 2.52. The van der Waals surface area contributed by atoms with Gasteiger partial charge in [-0.1, -0.05) is 29.3 Å². The van der Waals surface area contributed by atoms with Gasteiger partial charge >= 0.3 is 5.97 Å². The summed E-state index contributed by atoms with van der Waals surface area (Å²) in [6.07, 6.45) is 3.06. The van der Waals surface area contributed by atoms with Crippen LogP contribution in [0.5, 0.6) is 11.5 Å². The Kier molecular flexibility index (Phi) is 3.40. The summed E-state index contributed by atoms with van der Waals surface area (Å²) in [5, 5.41) is 9.69. The number of carbonyl (C=O) groups is 1. The number of hydrogen-bond donors (Lipinski definition) is 1. The quantitative estimate of drug-likeness (QED) is 0.917. The molecule has 0 radical (unpaired) electrons. The number of aliphatic carboxylic acids is 1. The van der Waals surface area contributed by atoms with E-state index in [1.54, 1.807) is 0 Å². The van der Waals surface area contributed by atoms with E-state index in [0.29, 0.717) is 31.8 Å². The highest BCUT2D eigenvalue weighted by atomic mass is 79.9. The molecule has 1 heterocycles. The van der Waals surface area contributed by atoms with Gasteiger partial charge in [-0.2, -0.15) is 0 Å². The maximum atomic E-state index is 11.8. The molecule has 5 heteroatoms. The van der Waals surface area contributed by atoms with Crippen LogP contribution in [0.3, 0.4) is 0 Å². The molecule has 4 nitrogen and oxygen atoms in total. The lowest BCUT2D eigenvalue weighted by atomic mass is 9.63. The number of rotatable bonds is 3. The van der Waals surface area contributed by atoms with Crippen molar-refractivity contribution in [3.05, 3.63) is 21.7 Å². The third-order valence-corrected chi connectivity index (χ3v) is 4.96. The van der Waals surface area contributed by atoms with Crippen LogP contribution in [0.25, 0.3) is 0 Å². The lowest BCUT2D eigenvalue weighted by Gasteiger charge is -2.41. The van der Waals surface area contributed by atoms with E-state index in [4.69, 9.17) is 9.47 Å². The van der Waals surface area contributed by atoms with Crippen molar-refractivity contribution in [3.63, 3.8) is 0 Å². The second kappa shape index (κ2) is 4.95. The summed E-state index contributed by atoms with van der Waals surface area (Å²) in [7, 11) is 0. The summed E-state index contributed by atoms with van der Waals surface area (Å²) in [6.45, 7) is 3.07. The highest BCUT2D eigenvalue weighted by molar-refractivity contribution is 9.10. The van der Waals surface area contributed by atoms with E-state index < -0.39 is 11.4 Å². The monoisotopic (exact) mass is 340 g/mol. The van der Waals surface area contributed by atoms with Crippen molar-refractivity contribution < 1.29 is 19.4 Å². The first-order chi connectivity index (χ1) is 9.60. The van der Waals surface area contributed by atoms with Crippen LogP contribution in [0.2, 0.25) is 0 Å². The Morgan fingerprint density at radius 3 is 2.65 bits per heavy atom. The van der Waals surface area contributed by atoms with Crippen LogP contribution in [0.4, 0.5) is 0 Å². The SMILES string of the molecule is CCc1c2c(cc(Br)c1C1(C(=O)O)CCC1)OCCO2. The molecule has 3 rings (SSSR count). The van der Waals surface area contributed by atoms with Gasteiger partial charge in [0.1, 0.15) is 13.2 Å². The van der Waals surface area contributed by atoms with Gasteiger partial charge in [-0.3, -0.25) is 4.79 Å². The molecule has 1 aromatic carbocycles. The largest absolute Gasteiger partial charge is 0.486 e. The van der Waals surface area contributed by atoms with E-state index in [2.05, 4.69) is 15.9 Å². The Hall–Kier alpha value is -1.23. The topological polar surface area (TPSA) is 55.8 Å². The molecule has 0 bridgehead atoms. The summed E-state index contributed by atoms with van der Waals surface area (Å²) < 4.78 is 12.2. The van der Waals surface area contributed by atoms with Crippen LogP contribution in [0.15, 0.2) is 10.5 Å². The van der Waals surface area contributed by atoms with E-state index >= 15 is 0 Å². The molecule has 1 aromatic rings. The summed E-state index contributed by atoms with van der Waals surface area (Å²) in [5.74, 6) is 0.698. The lowest BCUT2D eigenvalue weighted by molar-refractivity contribution is -0.147. The lowest BCUT2D eigenvalue weighted by Crippen LogP contribution is -2.43. The zero-order valence-electron chi connectivity index (χ0n) is 11.4. The molecular weight excluding hydrogens is 324 g/mol. The second-order valence-electron chi connectivity index (χ2n) is 5.33. The number of carboxylic acid groups (broad SMARTS) is 1. The molecule has 0 spiro atoms. The number of carboxylic acids is 1. The molecule has 20 heavy (non-hydrogen) atoms. The van der Waals surface area contributed by atoms with E-state index in [-0.39, 0.29) is 0 Å². The van der Waals surface area contributed by atoms with Gasteiger partial charge in [0.25, 0.3) is 0 Å². The Labute approximate surface area is 126 Å². The Bertz CT molecular complexity index is 563. The minimum absolute atomic E-state index is 0.515. The zero-order valence-corrected chi connectivity index (χ0v) is 13.0. The van der Waals surface area contributed by atoms with Gasteiger partial charge < -0.3 is 14.6 Å². The molecule has 0 amide bonds. The average Bonchev–Trinajstić information content (AvgIpc) is 2.37. The molecule has 1 N–H and O–H groups in total. The molecule has 0 atom stereocenters. The first kappa shape index (κ1) is 13.7. The van der Waals surface area contributed by atoms with Crippen LogP contribution in [0, 0.1) is 0 Å². The fourth-order valence-electron chi connectivity index (χ4n) is 3.18. The fourth-order valence-corrected chi connectivity index (χ4v) is 4.00. The van der Waals surface area contributed by atoms with Crippen LogP contribution in [-0.2, 0) is 16.6 Å². The van der Waals surface area contributed by atoms with E-state index in [0.717, 1.165) is 34.2 Å². The normalized spacial score (nSPS) is 19.3. The van der Waals surface area contributed by atoms with E-state index in [9.17, 15) is 9.90 Å². The van der Waals surface area contributed by atoms with Crippen molar-refractivity contribution in [3.8, 4) is 11.5 Å². The van der Waals surface area contributed by atoms with Crippen molar-refractivity contribution in [1.29, 1.82) is 0 Å². The Morgan fingerprint density at radius 2 is 2.10 bits per heavy atom. The molecule has 1 saturated carbocycles. The van der Waals surface area contributed by atoms with Crippen LogP contribution < -0.4 is 9.47 Å². The second-order valence-corrected chi connectivity index (χ2v) is 6.18. The first-order valence-corrected chi connectivity index (χ1v) is 7.74. The van der Waals surface area contributed by atoms with Gasteiger partial charge in [0, 0.05) is 10.0 Å². The van der Waals surface area contributed by atoms with Gasteiger partial charge in [0.15, 0.2) is 11.5 Å². The van der Waals surface area contributed by atoms with Crippen LogP contribution in [-0.4, -0.2) is 24.3 Å². The molecule has 1 aliphatic carbocycles. The Morgan fingerprint density at radius 1 is 1.40 bits per heavy atom. The summed E-state index contributed by atoms with van der Waals surface area (Å²) in [6, 6.07) is 1.85. The minimum atomic E-state index is -0.764. The number of benzene rings is 1. The molecule has 0 unspecified atom stereocenters. The predicted molar refractivity (Wildman–Crippen MR) is 77.7 cm³/mol. The van der Waals surface area contributed by atoms with Gasteiger partial charge in [0.2, 0.25) is 0 Å². The van der Waals surface area contributed by atoms with Crippen molar-refractivity contribution in [1.82, 2.24) is 0 Å². The number of ether oxygens (including phenoxy) is 2. The maximum Gasteiger partial charge on any atom is 0.314 e. The molecule has 1 aliphatic heterocycles. The maximum absolute atomic E-state index is 11.8. The molecule has 108 valence electrons. The van der Waals surface area contributed by atoms with Crippen molar-refractivity contribution >= 4 is 21.9 Å². The molecule has 2 aliphatic rings. The fraction of sp³-hybridized carbons (Fsp3) is 0.533. The smallest absolute Gasteiger partial charge is 0.314 e. The predicted octanol–water partition coefficient (Wildman–Crippen LogP) is 3.29. The summed E-state index contributed by atoms with van der Waals surface area (Å²) in [4.78, 5) is 11.8. The van der Waals surface area contributed by atoms with Crippen molar-refractivity contribution in [2.45, 2.75) is 38.0 Å².